The topological polar surface area (TPSA) is 29.9 Å². The Labute approximate surface area is 130 Å². The second kappa shape index (κ2) is 8.57. The van der Waals surface area contributed by atoms with Crippen molar-refractivity contribution >= 4 is 0 Å². The molecule has 120 valence electrons. The first-order valence-corrected chi connectivity index (χ1v) is 9.05. The van der Waals surface area contributed by atoms with Crippen LogP contribution >= 0.6 is 0 Å². The van der Waals surface area contributed by atoms with Gasteiger partial charge in [0.1, 0.15) is 0 Å². The lowest BCUT2D eigenvalue weighted by Gasteiger charge is -2.20. The van der Waals surface area contributed by atoms with Gasteiger partial charge in [0.15, 0.2) is 0 Å². The summed E-state index contributed by atoms with van der Waals surface area (Å²) in [6.45, 7) is 8.65. The standard InChI is InChI=1S/C18H33N3/c1-4-16-13-18(21(6-3)20-16)14-17(19-5-2)12-11-15-9-7-8-10-15/h13,15,17,19H,4-12,14H2,1-3H3. The maximum absolute atomic E-state index is 4.69. The Kier molecular flexibility index (Phi) is 6.75. The first-order valence-electron chi connectivity index (χ1n) is 9.05. The van der Waals surface area contributed by atoms with Crippen molar-refractivity contribution in [1.29, 1.82) is 0 Å². The molecule has 0 saturated heterocycles. The molecule has 1 aliphatic carbocycles. The maximum Gasteiger partial charge on any atom is 0.0624 e. The summed E-state index contributed by atoms with van der Waals surface area (Å²) in [4.78, 5) is 0. The lowest BCUT2D eigenvalue weighted by atomic mass is 9.96. The van der Waals surface area contributed by atoms with Gasteiger partial charge >= 0.3 is 0 Å². The largest absolute Gasteiger partial charge is 0.314 e. The van der Waals surface area contributed by atoms with Crippen LogP contribution in [0.2, 0.25) is 0 Å². The van der Waals surface area contributed by atoms with Gasteiger partial charge in [0.05, 0.1) is 5.69 Å². The van der Waals surface area contributed by atoms with Crippen LogP contribution in [0, 0.1) is 5.92 Å². The highest BCUT2D eigenvalue weighted by Gasteiger charge is 2.18. The van der Waals surface area contributed by atoms with E-state index in [0.29, 0.717) is 6.04 Å². The molecule has 0 bridgehead atoms. The number of aromatic nitrogens is 2. The van der Waals surface area contributed by atoms with Crippen molar-refractivity contribution in [2.75, 3.05) is 6.54 Å². The molecule has 1 heterocycles. The van der Waals surface area contributed by atoms with Crippen LogP contribution in [0.25, 0.3) is 0 Å². The second-order valence-corrected chi connectivity index (χ2v) is 6.48. The Hall–Kier alpha value is -0.830. The quantitative estimate of drug-likeness (QED) is 0.746. The van der Waals surface area contributed by atoms with Crippen LogP contribution in [0.1, 0.15) is 70.7 Å². The number of hydrogen-bond acceptors (Lipinski definition) is 2. The average molecular weight is 291 g/mol. The summed E-state index contributed by atoms with van der Waals surface area (Å²) in [6, 6.07) is 2.92. The smallest absolute Gasteiger partial charge is 0.0624 e. The summed E-state index contributed by atoms with van der Waals surface area (Å²) >= 11 is 0. The number of aryl methyl sites for hydroxylation is 2. The summed E-state index contributed by atoms with van der Waals surface area (Å²) in [5.41, 5.74) is 2.64. The molecule has 1 N–H and O–H groups in total. The first-order chi connectivity index (χ1) is 10.3. The third-order valence-electron chi connectivity index (χ3n) is 4.92. The fraction of sp³-hybridized carbons (Fsp3) is 0.833. The van der Waals surface area contributed by atoms with Crippen LogP contribution in [-0.4, -0.2) is 22.4 Å². The first kappa shape index (κ1) is 16.5. The lowest BCUT2D eigenvalue weighted by molar-refractivity contribution is 0.401. The minimum Gasteiger partial charge on any atom is -0.314 e. The third kappa shape index (κ3) is 4.84. The van der Waals surface area contributed by atoms with Crippen LogP contribution in [0.4, 0.5) is 0 Å². The van der Waals surface area contributed by atoms with Gasteiger partial charge in [-0.1, -0.05) is 39.5 Å². The molecule has 0 radical (unpaired) electrons. The highest BCUT2D eigenvalue weighted by molar-refractivity contribution is 5.12. The van der Waals surface area contributed by atoms with Gasteiger partial charge in [-0.2, -0.15) is 5.10 Å². The van der Waals surface area contributed by atoms with Gasteiger partial charge in [0, 0.05) is 24.7 Å². The number of rotatable bonds is 9. The molecule has 1 fully saturated rings. The van der Waals surface area contributed by atoms with Gasteiger partial charge in [0.2, 0.25) is 0 Å². The SMILES string of the molecule is CCNC(CCC1CCCC1)Cc1cc(CC)nn1CC. The van der Waals surface area contributed by atoms with E-state index in [1.165, 1.54) is 49.9 Å². The molecule has 1 atom stereocenters. The number of hydrogen-bond donors (Lipinski definition) is 1. The molecule has 1 aromatic heterocycles. The Morgan fingerprint density at radius 2 is 2.05 bits per heavy atom. The van der Waals surface area contributed by atoms with E-state index in [-0.39, 0.29) is 0 Å². The van der Waals surface area contributed by atoms with Crippen molar-refractivity contribution in [1.82, 2.24) is 15.1 Å². The van der Waals surface area contributed by atoms with Crippen LogP contribution in [-0.2, 0) is 19.4 Å². The Balaban J connectivity index is 1.92. The number of nitrogens with zero attached hydrogens (tertiary/aromatic N) is 2. The van der Waals surface area contributed by atoms with Gasteiger partial charge in [0.25, 0.3) is 0 Å². The fourth-order valence-corrected chi connectivity index (χ4v) is 3.68. The summed E-state index contributed by atoms with van der Waals surface area (Å²) < 4.78 is 2.19. The van der Waals surface area contributed by atoms with E-state index in [0.717, 1.165) is 31.8 Å². The van der Waals surface area contributed by atoms with Crippen molar-refractivity contribution in [2.24, 2.45) is 5.92 Å². The fourth-order valence-electron chi connectivity index (χ4n) is 3.68. The normalized spacial score (nSPS) is 17.5. The molecule has 0 amide bonds. The summed E-state index contributed by atoms with van der Waals surface area (Å²) in [5, 5.41) is 8.38. The van der Waals surface area contributed by atoms with Crippen molar-refractivity contribution in [2.45, 2.75) is 84.7 Å². The van der Waals surface area contributed by atoms with Crippen LogP contribution < -0.4 is 5.32 Å². The predicted octanol–water partition coefficient (Wildman–Crippen LogP) is 3.96. The molecule has 1 aromatic rings. The molecule has 21 heavy (non-hydrogen) atoms. The molecule has 0 aromatic carbocycles. The van der Waals surface area contributed by atoms with Gasteiger partial charge in [-0.3, -0.25) is 4.68 Å². The zero-order valence-electron chi connectivity index (χ0n) is 14.2. The molecule has 1 aliphatic rings. The van der Waals surface area contributed by atoms with E-state index in [1.807, 2.05) is 0 Å². The molecule has 2 rings (SSSR count). The number of nitrogens with one attached hydrogen (secondary N) is 1. The molecule has 0 aliphatic heterocycles. The van der Waals surface area contributed by atoms with E-state index in [9.17, 15) is 0 Å². The van der Waals surface area contributed by atoms with E-state index in [2.05, 4.69) is 41.9 Å². The van der Waals surface area contributed by atoms with E-state index in [1.54, 1.807) is 0 Å². The monoisotopic (exact) mass is 291 g/mol. The summed E-state index contributed by atoms with van der Waals surface area (Å²) in [6.07, 6.45) is 10.7. The highest BCUT2D eigenvalue weighted by Crippen LogP contribution is 2.29. The van der Waals surface area contributed by atoms with Crippen molar-refractivity contribution in [3.05, 3.63) is 17.5 Å². The molecular formula is C18H33N3. The Bertz CT molecular complexity index is 405. The van der Waals surface area contributed by atoms with Crippen LogP contribution in [0.5, 0.6) is 0 Å². The molecule has 1 unspecified atom stereocenters. The van der Waals surface area contributed by atoms with Gasteiger partial charge in [-0.15, -0.1) is 0 Å². The van der Waals surface area contributed by atoms with E-state index < -0.39 is 0 Å². The van der Waals surface area contributed by atoms with E-state index >= 15 is 0 Å². The average Bonchev–Trinajstić information content (AvgIpc) is 3.14. The molecule has 1 saturated carbocycles. The minimum atomic E-state index is 0.613. The molecular weight excluding hydrogens is 258 g/mol. The summed E-state index contributed by atoms with van der Waals surface area (Å²) in [7, 11) is 0. The van der Waals surface area contributed by atoms with Gasteiger partial charge in [-0.25, -0.2) is 0 Å². The zero-order chi connectivity index (χ0) is 15.1. The van der Waals surface area contributed by atoms with E-state index in [4.69, 9.17) is 0 Å². The Morgan fingerprint density at radius 1 is 1.29 bits per heavy atom. The predicted molar refractivity (Wildman–Crippen MR) is 89.6 cm³/mol. The van der Waals surface area contributed by atoms with Crippen molar-refractivity contribution < 1.29 is 0 Å². The summed E-state index contributed by atoms with van der Waals surface area (Å²) in [5.74, 6) is 0.994. The minimum absolute atomic E-state index is 0.613. The van der Waals surface area contributed by atoms with Gasteiger partial charge in [-0.05, 0) is 44.7 Å². The number of likely N-dealkylation sites (N-methyl/N-ethyl adjacent to an activating group) is 1. The lowest BCUT2D eigenvalue weighted by Crippen LogP contribution is -2.32. The molecule has 3 heteroatoms. The Morgan fingerprint density at radius 3 is 2.67 bits per heavy atom. The molecule has 0 spiro atoms. The van der Waals surface area contributed by atoms with Gasteiger partial charge < -0.3 is 5.32 Å². The maximum atomic E-state index is 4.69. The van der Waals surface area contributed by atoms with Crippen molar-refractivity contribution in [3.63, 3.8) is 0 Å². The zero-order valence-corrected chi connectivity index (χ0v) is 14.2. The van der Waals surface area contributed by atoms with Crippen LogP contribution in [0.15, 0.2) is 6.07 Å². The van der Waals surface area contributed by atoms with Crippen molar-refractivity contribution in [3.8, 4) is 0 Å². The third-order valence-corrected chi connectivity index (χ3v) is 4.92. The molecule has 3 nitrogen and oxygen atoms in total. The van der Waals surface area contributed by atoms with Crippen LogP contribution in [0.3, 0.4) is 0 Å². The second-order valence-electron chi connectivity index (χ2n) is 6.48. The highest BCUT2D eigenvalue weighted by atomic mass is 15.3.